The Kier molecular flexibility index (Phi) is 7.17. The van der Waals surface area contributed by atoms with Crippen LogP contribution in [-0.2, 0) is 4.79 Å². The first kappa shape index (κ1) is 19.5. The Hall–Kier alpha value is -1.30. The maximum atomic E-state index is 11.9. The van der Waals surface area contributed by atoms with Crippen LogP contribution >= 0.6 is 0 Å². The Balaban J connectivity index is 1.57. The largest absolute Gasteiger partial charge is 0.357 e. The van der Waals surface area contributed by atoms with Gasteiger partial charge in [0.1, 0.15) is 6.54 Å². The van der Waals surface area contributed by atoms with Crippen molar-refractivity contribution in [2.45, 2.75) is 82.7 Å². The third-order valence-electron chi connectivity index (χ3n) is 6.06. The van der Waals surface area contributed by atoms with Crippen LogP contribution in [0.2, 0.25) is 0 Å². The summed E-state index contributed by atoms with van der Waals surface area (Å²) >= 11 is 0. The summed E-state index contributed by atoms with van der Waals surface area (Å²) < 4.78 is 0. The predicted octanol–water partition coefficient (Wildman–Crippen LogP) is 2.01. The zero-order chi connectivity index (χ0) is 18.2. The van der Waals surface area contributed by atoms with Crippen LogP contribution < -0.4 is 16.0 Å². The number of likely N-dealkylation sites (tertiary alicyclic amines) is 1. The number of nitrogens with zero attached hydrogens (tertiary/aromatic N) is 2. The Morgan fingerprint density at radius 2 is 1.73 bits per heavy atom. The molecule has 1 amide bonds. The van der Waals surface area contributed by atoms with Crippen molar-refractivity contribution in [3.63, 3.8) is 0 Å². The van der Waals surface area contributed by atoms with E-state index in [4.69, 9.17) is 0 Å². The molecule has 0 aromatic rings. The van der Waals surface area contributed by atoms with Crippen LogP contribution in [0.15, 0.2) is 4.99 Å². The Morgan fingerprint density at radius 3 is 2.38 bits per heavy atom. The van der Waals surface area contributed by atoms with Crippen LogP contribution in [-0.4, -0.2) is 61.1 Å². The first-order valence-corrected chi connectivity index (χ1v) is 10.8. The van der Waals surface area contributed by atoms with E-state index in [1.807, 2.05) is 0 Å². The van der Waals surface area contributed by atoms with Gasteiger partial charge in [0.15, 0.2) is 5.96 Å². The van der Waals surface area contributed by atoms with E-state index < -0.39 is 0 Å². The van der Waals surface area contributed by atoms with E-state index in [1.54, 1.807) is 0 Å². The highest BCUT2D eigenvalue weighted by Crippen LogP contribution is 2.35. The minimum Gasteiger partial charge on any atom is -0.357 e. The average Bonchev–Trinajstić information content (AvgIpc) is 3.49. The second kappa shape index (κ2) is 9.58. The van der Waals surface area contributed by atoms with E-state index in [1.165, 1.54) is 64.5 Å². The second-order valence-corrected chi connectivity index (χ2v) is 8.22. The monoisotopic (exact) mass is 363 g/mol. The van der Waals surface area contributed by atoms with Gasteiger partial charge < -0.3 is 16.0 Å². The van der Waals surface area contributed by atoms with Gasteiger partial charge in [0.2, 0.25) is 5.91 Å². The molecular weight excluding hydrogens is 326 g/mol. The number of hydrogen-bond acceptors (Lipinski definition) is 3. The lowest BCUT2D eigenvalue weighted by atomic mass is 9.79. The molecule has 1 heterocycles. The molecule has 148 valence electrons. The number of hydrogen-bond donors (Lipinski definition) is 3. The molecule has 3 aliphatic rings. The van der Waals surface area contributed by atoms with Gasteiger partial charge in [-0.1, -0.05) is 25.7 Å². The van der Waals surface area contributed by atoms with E-state index in [0.717, 1.165) is 31.9 Å². The highest BCUT2D eigenvalue weighted by molar-refractivity contribution is 5.85. The first-order chi connectivity index (χ1) is 12.7. The van der Waals surface area contributed by atoms with Crippen molar-refractivity contribution in [3.8, 4) is 0 Å². The quantitative estimate of drug-likeness (QED) is 0.478. The summed E-state index contributed by atoms with van der Waals surface area (Å²) in [5.74, 6) is 0.813. The van der Waals surface area contributed by atoms with Gasteiger partial charge in [-0.2, -0.15) is 0 Å². The first-order valence-electron chi connectivity index (χ1n) is 10.8. The minimum absolute atomic E-state index is 0.0353. The molecule has 1 saturated heterocycles. The summed E-state index contributed by atoms with van der Waals surface area (Å²) in [6.45, 7) is 6.50. The number of carbonyl (C=O) groups excluding carboxylic acids is 1. The number of guanidine groups is 1. The van der Waals surface area contributed by atoms with Gasteiger partial charge in [-0.05, 0) is 58.5 Å². The summed E-state index contributed by atoms with van der Waals surface area (Å²) in [6, 6.07) is 0.401. The fourth-order valence-corrected chi connectivity index (χ4v) is 4.42. The maximum Gasteiger partial charge on any atom is 0.242 e. The van der Waals surface area contributed by atoms with Crippen LogP contribution in [0, 0.1) is 0 Å². The normalized spacial score (nSPS) is 24.1. The Bertz CT molecular complexity index is 477. The molecule has 0 aromatic heterocycles. The van der Waals surface area contributed by atoms with Crippen molar-refractivity contribution in [2.75, 3.05) is 32.7 Å². The molecule has 1 aliphatic heterocycles. The Morgan fingerprint density at radius 1 is 1.04 bits per heavy atom. The number of aliphatic imine (C=N–C) groups is 1. The number of piperidine rings is 1. The van der Waals surface area contributed by atoms with Gasteiger partial charge in [-0.15, -0.1) is 0 Å². The second-order valence-electron chi connectivity index (χ2n) is 8.22. The smallest absolute Gasteiger partial charge is 0.242 e. The van der Waals surface area contributed by atoms with Gasteiger partial charge in [0, 0.05) is 24.7 Å². The summed E-state index contributed by atoms with van der Waals surface area (Å²) in [5.41, 5.74) is 0.269. The molecule has 3 rings (SSSR count). The lowest BCUT2D eigenvalue weighted by Crippen LogP contribution is -2.59. The summed E-state index contributed by atoms with van der Waals surface area (Å²) in [4.78, 5) is 19.2. The van der Waals surface area contributed by atoms with Crippen molar-refractivity contribution < 1.29 is 4.79 Å². The molecule has 6 heteroatoms. The zero-order valence-electron chi connectivity index (χ0n) is 16.5. The van der Waals surface area contributed by atoms with Crippen molar-refractivity contribution in [2.24, 2.45) is 4.99 Å². The third kappa shape index (κ3) is 5.60. The fraction of sp³-hybridized carbons (Fsp3) is 0.900. The standard InChI is InChI=1S/C20H37N5O/c1-2-21-19(22-15-18(26)24-17-9-10-17)23-16-20(11-5-3-6-12-20)25-13-7-4-8-14-25/h17H,2-16H2,1H3,(H,24,26)(H2,21,22,23). The molecule has 3 N–H and O–H groups in total. The SMILES string of the molecule is CCNC(=NCC(=O)NC1CC1)NCC1(N2CCCCC2)CCCCC1. The molecule has 2 aliphatic carbocycles. The van der Waals surface area contributed by atoms with Gasteiger partial charge in [0.05, 0.1) is 0 Å². The minimum atomic E-state index is 0.0353. The van der Waals surface area contributed by atoms with Crippen LogP contribution in [0.3, 0.4) is 0 Å². The lowest BCUT2D eigenvalue weighted by Gasteiger charge is -2.48. The van der Waals surface area contributed by atoms with Crippen LogP contribution in [0.1, 0.15) is 71.1 Å². The van der Waals surface area contributed by atoms with E-state index in [9.17, 15) is 4.79 Å². The molecular formula is C20H37N5O. The van der Waals surface area contributed by atoms with Gasteiger partial charge >= 0.3 is 0 Å². The van der Waals surface area contributed by atoms with E-state index in [-0.39, 0.29) is 18.0 Å². The highest BCUT2D eigenvalue weighted by Gasteiger charge is 2.38. The molecule has 0 aromatic carbocycles. The summed E-state index contributed by atoms with van der Waals surface area (Å²) in [7, 11) is 0. The molecule has 0 spiro atoms. The van der Waals surface area contributed by atoms with Crippen molar-refractivity contribution in [3.05, 3.63) is 0 Å². The van der Waals surface area contributed by atoms with Crippen LogP contribution in [0.5, 0.6) is 0 Å². The summed E-state index contributed by atoms with van der Waals surface area (Å²) in [5, 5.41) is 9.88. The molecule has 0 unspecified atom stereocenters. The molecule has 0 atom stereocenters. The van der Waals surface area contributed by atoms with Crippen LogP contribution in [0.25, 0.3) is 0 Å². The number of amides is 1. The van der Waals surface area contributed by atoms with Gasteiger partial charge in [0.25, 0.3) is 0 Å². The molecule has 0 bridgehead atoms. The number of carbonyl (C=O) groups is 1. The van der Waals surface area contributed by atoms with Crippen LogP contribution in [0.4, 0.5) is 0 Å². The third-order valence-corrected chi connectivity index (χ3v) is 6.06. The van der Waals surface area contributed by atoms with Crippen molar-refractivity contribution >= 4 is 11.9 Å². The molecule has 2 saturated carbocycles. The number of nitrogens with one attached hydrogen (secondary N) is 3. The Labute approximate surface area is 158 Å². The van der Waals surface area contributed by atoms with Gasteiger partial charge in [-0.3, -0.25) is 9.69 Å². The van der Waals surface area contributed by atoms with Gasteiger partial charge in [-0.25, -0.2) is 4.99 Å². The van der Waals surface area contributed by atoms with E-state index in [2.05, 4.69) is 32.8 Å². The number of rotatable bonds is 7. The molecule has 6 nitrogen and oxygen atoms in total. The van der Waals surface area contributed by atoms with E-state index in [0.29, 0.717) is 6.04 Å². The molecule has 0 radical (unpaired) electrons. The van der Waals surface area contributed by atoms with Crippen molar-refractivity contribution in [1.29, 1.82) is 0 Å². The molecule has 26 heavy (non-hydrogen) atoms. The average molecular weight is 364 g/mol. The van der Waals surface area contributed by atoms with Crippen molar-refractivity contribution in [1.82, 2.24) is 20.9 Å². The highest BCUT2D eigenvalue weighted by atomic mass is 16.2. The zero-order valence-corrected chi connectivity index (χ0v) is 16.5. The maximum absolute atomic E-state index is 11.9. The van der Waals surface area contributed by atoms with E-state index >= 15 is 0 Å². The lowest BCUT2D eigenvalue weighted by molar-refractivity contribution is -0.119. The summed E-state index contributed by atoms with van der Waals surface area (Å²) in [6.07, 6.45) is 12.9. The topological polar surface area (TPSA) is 68.8 Å². The molecule has 3 fully saturated rings. The fourth-order valence-electron chi connectivity index (χ4n) is 4.42. The predicted molar refractivity (Wildman–Crippen MR) is 106 cm³/mol.